The molecule has 0 atom stereocenters. The number of halogens is 5. The number of allylic oxidation sites excluding steroid dienone is 2. The van der Waals surface area contributed by atoms with E-state index < -0.39 is 17.7 Å². The number of aliphatic imine (C=N–C) groups is 1. The molecule has 10 nitrogen and oxygen atoms in total. The number of hydrogen-bond acceptors (Lipinski definition) is 6. The van der Waals surface area contributed by atoms with Crippen LogP contribution < -0.4 is 16.8 Å². The lowest BCUT2D eigenvalue weighted by Crippen LogP contribution is -2.35. The van der Waals surface area contributed by atoms with Gasteiger partial charge in [-0.1, -0.05) is 5.16 Å². The molecule has 0 saturated carbocycles. The van der Waals surface area contributed by atoms with Gasteiger partial charge in [0, 0.05) is 19.5 Å². The van der Waals surface area contributed by atoms with Crippen molar-refractivity contribution in [3.8, 4) is 0 Å². The van der Waals surface area contributed by atoms with Crippen molar-refractivity contribution in [1.82, 2.24) is 5.32 Å². The summed E-state index contributed by atoms with van der Waals surface area (Å²) in [5.74, 6) is -3.17. The number of hydrogen-bond donors (Lipinski definition) is 4. The number of carboxylic acid groups (broad SMARTS) is 1. The van der Waals surface area contributed by atoms with Crippen LogP contribution in [0.3, 0.4) is 0 Å². The Bertz CT molecular complexity index is 829. The van der Waals surface area contributed by atoms with Crippen molar-refractivity contribution in [2.45, 2.75) is 31.0 Å². The van der Waals surface area contributed by atoms with E-state index in [1.807, 2.05) is 0 Å². The van der Waals surface area contributed by atoms with E-state index in [1.54, 1.807) is 12.2 Å². The zero-order valence-corrected chi connectivity index (χ0v) is 18.9. The SMILES string of the molecule is NC(N)=NCCCCNC(=O)C1=NOC2(C=C(Br)C(=O)C(Br)=C2)C1.O=C(O)C(F)(F)F. The van der Waals surface area contributed by atoms with Gasteiger partial charge in [-0.3, -0.25) is 14.6 Å². The van der Waals surface area contributed by atoms with E-state index in [-0.39, 0.29) is 29.8 Å². The Morgan fingerprint density at radius 1 is 1.26 bits per heavy atom. The summed E-state index contributed by atoms with van der Waals surface area (Å²) in [4.78, 5) is 42.0. The zero-order valence-electron chi connectivity index (χ0n) is 15.7. The van der Waals surface area contributed by atoms with Crippen molar-refractivity contribution in [1.29, 1.82) is 0 Å². The van der Waals surface area contributed by atoms with Crippen LogP contribution in [0.4, 0.5) is 13.2 Å². The highest BCUT2D eigenvalue weighted by Gasteiger charge is 2.42. The normalized spacial score (nSPS) is 16.8. The molecule has 0 saturated heterocycles. The lowest BCUT2D eigenvalue weighted by molar-refractivity contribution is -0.192. The Labute approximate surface area is 190 Å². The Kier molecular flexibility index (Phi) is 9.68. The number of carbonyl (C=O) groups excluding carboxylic acids is 2. The van der Waals surface area contributed by atoms with Gasteiger partial charge in [-0.2, -0.15) is 13.2 Å². The second-order valence-electron chi connectivity index (χ2n) is 6.15. The van der Waals surface area contributed by atoms with Crippen LogP contribution in [0.5, 0.6) is 0 Å². The number of Topliss-reactive ketones (excluding diaryl/α,β-unsaturated/α-hetero) is 1. The van der Waals surface area contributed by atoms with E-state index >= 15 is 0 Å². The molecule has 0 aromatic heterocycles. The van der Waals surface area contributed by atoms with E-state index in [0.29, 0.717) is 22.1 Å². The van der Waals surface area contributed by atoms with Gasteiger partial charge < -0.3 is 26.7 Å². The molecule has 1 spiro atoms. The minimum absolute atomic E-state index is 0.0613. The molecule has 6 N–H and O–H groups in total. The molecule has 1 amide bonds. The minimum Gasteiger partial charge on any atom is -0.475 e. The lowest BCUT2D eigenvalue weighted by Gasteiger charge is -2.23. The number of carbonyl (C=O) groups is 3. The number of nitrogens with two attached hydrogens (primary N) is 2. The highest BCUT2D eigenvalue weighted by atomic mass is 79.9. The minimum atomic E-state index is -5.08. The first kappa shape index (κ1) is 26.6. The van der Waals surface area contributed by atoms with Gasteiger partial charge in [-0.05, 0) is 56.9 Å². The summed E-state index contributed by atoms with van der Waals surface area (Å²) in [5, 5.41) is 13.8. The summed E-state index contributed by atoms with van der Waals surface area (Å²) in [6.45, 7) is 1.01. The van der Waals surface area contributed by atoms with Crippen LogP contribution >= 0.6 is 31.9 Å². The summed E-state index contributed by atoms with van der Waals surface area (Å²) >= 11 is 6.39. The fourth-order valence-electron chi connectivity index (χ4n) is 2.21. The van der Waals surface area contributed by atoms with Gasteiger partial charge in [0.1, 0.15) is 5.71 Å². The second-order valence-corrected chi connectivity index (χ2v) is 7.86. The molecule has 0 aromatic carbocycles. The predicted molar refractivity (Wildman–Crippen MR) is 112 cm³/mol. The van der Waals surface area contributed by atoms with Crippen LogP contribution in [-0.2, 0) is 19.2 Å². The highest BCUT2D eigenvalue weighted by Crippen LogP contribution is 2.37. The average molecular weight is 577 g/mol. The monoisotopic (exact) mass is 575 g/mol. The molecule has 1 aliphatic carbocycles. The molecule has 0 fully saturated rings. The van der Waals surface area contributed by atoms with Crippen molar-refractivity contribution in [3.63, 3.8) is 0 Å². The number of rotatable bonds is 6. The number of carboxylic acids is 1. The Hall–Kier alpha value is -2.42. The summed E-state index contributed by atoms with van der Waals surface area (Å²) in [6.07, 6.45) is -0.103. The van der Waals surface area contributed by atoms with E-state index in [9.17, 15) is 22.8 Å². The van der Waals surface area contributed by atoms with E-state index in [1.165, 1.54) is 0 Å². The van der Waals surface area contributed by atoms with Crippen molar-refractivity contribution >= 4 is 61.2 Å². The molecule has 0 aromatic rings. The maximum atomic E-state index is 12.1. The number of guanidine groups is 1. The van der Waals surface area contributed by atoms with Gasteiger partial charge in [0.25, 0.3) is 5.91 Å². The van der Waals surface area contributed by atoms with E-state index in [0.717, 1.165) is 12.8 Å². The Balaban J connectivity index is 0.000000592. The smallest absolute Gasteiger partial charge is 0.475 e. The zero-order chi connectivity index (χ0) is 23.8. The first-order valence-electron chi connectivity index (χ1n) is 8.47. The van der Waals surface area contributed by atoms with Crippen molar-refractivity contribution in [3.05, 3.63) is 21.1 Å². The van der Waals surface area contributed by atoms with Crippen LogP contribution in [0.25, 0.3) is 0 Å². The van der Waals surface area contributed by atoms with Crippen molar-refractivity contribution < 1.29 is 37.5 Å². The number of amides is 1. The molecular formula is C16H18Br2F3N5O5. The molecule has 172 valence electrons. The van der Waals surface area contributed by atoms with Gasteiger partial charge in [0.15, 0.2) is 11.6 Å². The molecule has 0 bridgehead atoms. The number of aliphatic carboxylic acids is 1. The van der Waals surface area contributed by atoms with E-state index in [4.69, 9.17) is 26.2 Å². The number of oxime groups is 1. The molecule has 1 aliphatic heterocycles. The van der Waals surface area contributed by atoms with Crippen LogP contribution in [-0.4, -0.2) is 59.3 Å². The second kappa shape index (κ2) is 11.3. The average Bonchev–Trinajstić information content (AvgIpc) is 3.05. The third kappa shape index (κ3) is 8.69. The standard InChI is InChI=1S/C14H17Br2N5O3.C2HF3O2/c15-8-5-14(6-9(16)11(8)22)7-10(21-24-14)12(23)19-3-1-2-4-20-13(17)18;3-2(4,5)1(6)7/h5-6H,1-4,7H2,(H,19,23)(H4,17,18,20);(H,6,7). The van der Waals surface area contributed by atoms with Crippen LogP contribution in [0.15, 0.2) is 31.3 Å². The number of alkyl halides is 3. The number of unbranched alkanes of at least 4 members (excludes halogenated alkanes) is 1. The molecule has 1 heterocycles. The third-order valence-corrected chi connectivity index (χ3v) is 4.79. The van der Waals surface area contributed by atoms with Crippen LogP contribution in [0.1, 0.15) is 19.3 Å². The van der Waals surface area contributed by atoms with Crippen LogP contribution in [0.2, 0.25) is 0 Å². The fraction of sp³-hybridized carbons (Fsp3) is 0.438. The quantitative estimate of drug-likeness (QED) is 0.210. The predicted octanol–water partition coefficient (Wildman–Crippen LogP) is 1.44. The molecule has 0 unspecified atom stereocenters. The first-order valence-corrected chi connectivity index (χ1v) is 10.1. The fourth-order valence-corrected chi connectivity index (χ4v) is 3.68. The molecule has 2 rings (SSSR count). The van der Waals surface area contributed by atoms with Gasteiger partial charge >= 0.3 is 12.1 Å². The van der Waals surface area contributed by atoms with Crippen molar-refractivity contribution in [2.24, 2.45) is 21.6 Å². The van der Waals surface area contributed by atoms with Crippen LogP contribution in [0, 0.1) is 0 Å². The molecule has 2 aliphatic rings. The largest absolute Gasteiger partial charge is 0.490 e. The molecular weight excluding hydrogens is 559 g/mol. The molecule has 31 heavy (non-hydrogen) atoms. The Morgan fingerprint density at radius 3 is 2.29 bits per heavy atom. The van der Waals surface area contributed by atoms with Gasteiger partial charge in [-0.25, -0.2) is 4.79 Å². The maximum absolute atomic E-state index is 12.1. The third-order valence-electron chi connectivity index (χ3n) is 3.61. The summed E-state index contributed by atoms with van der Waals surface area (Å²) in [7, 11) is 0. The molecule has 0 radical (unpaired) electrons. The maximum Gasteiger partial charge on any atom is 0.490 e. The number of nitrogens with one attached hydrogen (secondary N) is 1. The van der Waals surface area contributed by atoms with Gasteiger partial charge in [0.2, 0.25) is 5.78 Å². The van der Waals surface area contributed by atoms with Crippen molar-refractivity contribution in [2.75, 3.05) is 13.1 Å². The van der Waals surface area contributed by atoms with E-state index in [2.05, 4.69) is 47.3 Å². The summed E-state index contributed by atoms with van der Waals surface area (Å²) in [6, 6.07) is 0. The topological polar surface area (TPSA) is 169 Å². The highest BCUT2D eigenvalue weighted by molar-refractivity contribution is 9.13. The van der Waals surface area contributed by atoms with Gasteiger partial charge in [-0.15, -0.1) is 0 Å². The lowest BCUT2D eigenvalue weighted by atomic mass is 9.92. The number of ketones is 1. The summed E-state index contributed by atoms with van der Waals surface area (Å²) < 4.78 is 32.5. The van der Waals surface area contributed by atoms with Gasteiger partial charge in [0.05, 0.1) is 8.96 Å². The number of nitrogens with zero attached hydrogens (tertiary/aromatic N) is 2. The first-order chi connectivity index (χ1) is 14.3. The summed E-state index contributed by atoms with van der Waals surface area (Å²) in [5.41, 5.74) is 9.82. The Morgan fingerprint density at radius 2 is 1.81 bits per heavy atom. The molecule has 15 heteroatoms.